The summed E-state index contributed by atoms with van der Waals surface area (Å²) in [5.41, 5.74) is 0.912. The van der Waals surface area contributed by atoms with Crippen molar-refractivity contribution in [1.82, 2.24) is 5.32 Å². The van der Waals surface area contributed by atoms with Crippen LogP contribution in [0.3, 0.4) is 0 Å². The van der Waals surface area contributed by atoms with Crippen LogP contribution in [0.2, 0.25) is 0 Å². The van der Waals surface area contributed by atoms with Gasteiger partial charge in [-0.1, -0.05) is 6.07 Å². The first-order valence-corrected chi connectivity index (χ1v) is 6.99. The normalized spacial score (nSPS) is 13.0. The Morgan fingerprint density at radius 1 is 1.14 bits per heavy atom. The van der Waals surface area contributed by atoms with Crippen LogP contribution in [-0.2, 0) is 17.6 Å². The van der Waals surface area contributed by atoms with Gasteiger partial charge in [0, 0.05) is 13.0 Å². The van der Waals surface area contributed by atoms with E-state index in [-0.39, 0.29) is 5.91 Å². The van der Waals surface area contributed by atoms with Crippen LogP contribution in [0.25, 0.3) is 0 Å². The predicted octanol–water partition coefficient (Wildman–Crippen LogP) is 1.95. The van der Waals surface area contributed by atoms with Crippen molar-refractivity contribution in [2.75, 3.05) is 19.8 Å². The van der Waals surface area contributed by atoms with Gasteiger partial charge in [-0.05, 0) is 29.8 Å². The summed E-state index contributed by atoms with van der Waals surface area (Å²) in [5.74, 6) is 2.30. The molecule has 1 N–H and O–H groups in total. The molecule has 3 rings (SSSR count). The third-order valence-electron chi connectivity index (χ3n) is 3.24. The van der Waals surface area contributed by atoms with Crippen LogP contribution >= 0.6 is 0 Å². The highest BCUT2D eigenvalue weighted by Crippen LogP contribution is 2.30. The largest absolute Gasteiger partial charge is 0.486 e. The molecular formula is C16H17NO4. The molecule has 0 saturated heterocycles. The third-order valence-corrected chi connectivity index (χ3v) is 3.24. The van der Waals surface area contributed by atoms with Gasteiger partial charge in [-0.25, -0.2) is 0 Å². The first kappa shape index (κ1) is 13.5. The quantitative estimate of drug-likeness (QED) is 0.913. The number of fused-ring (bicyclic) bond motifs is 1. The molecule has 1 aliphatic rings. The second-order valence-corrected chi connectivity index (χ2v) is 4.83. The first-order valence-electron chi connectivity index (χ1n) is 6.99. The average molecular weight is 287 g/mol. The van der Waals surface area contributed by atoms with E-state index in [0.717, 1.165) is 17.1 Å². The standard InChI is InChI=1S/C16H17NO4/c18-16(17-6-5-13-2-1-7-19-13)11-12-3-4-14-15(10-12)21-9-8-20-14/h1-4,7,10H,5-6,8-9,11H2,(H,17,18). The van der Waals surface area contributed by atoms with Gasteiger partial charge in [0.1, 0.15) is 19.0 Å². The lowest BCUT2D eigenvalue weighted by Crippen LogP contribution is -2.27. The van der Waals surface area contributed by atoms with E-state index in [9.17, 15) is 4.79 Å². The molecule has 0 atom stereocenters. The number of nitrogens with one attached hydrogen (secondary N) is 1. The molecule has 1 aromatic heterocycles. The van der Waals surface area contributed by atoms with Crippen LogP contribution in [0.5, 0.6) is 11.5 Å². The van der Waals surface area contributed by atoms with Crippen LogP contribution in [-0.4, -0.2) is 25.7 Å². The van der Waals surface area contributed by atoms with Gasteiger partial charge < -0.3 is 19.2 Å². The summed E-state index contributed by atoms with van der Waals surface area (Å²) in [7, 11) is 0. The predicted molar refractivity (Wildman–Crippen MR) is 76.6 cm³/mol. The Labute approximate surface area is 122 Å². The zero-order valence-corrected chi connectivity index (χ0v) is 11.6. The van der Waals surface area contributed by atoms with E-state index in [4.69, 9.17) is 13.9 Å². The van der Waals surface area contributed by atoms with E-state index in [1.165, 1.54) is 0 Å². The molecule has 1 aliphatic heterocycles. The number of furan rings is 1. The average Bonchev–Trinajstić information content (AvgIpc) is 3.00. The van der Waals surface area contributed by atoms with Gasteiger partial charge in [0.25, 0.3) is 0 Å². The number of carbonyl (C=O) groups excluding carboxylic acids is 1. The lowest BCUT2D eigenvalue weighted by Gasteiger charge is -2.18. The molecule has 0 radical (unpaired) electrons. The molecule has 0 aliphatic carbocycles. The molecule has 0 fully saturated rings. The number of rotatable bonds is 5. The third kappa shape index (κ3) is 3.56. The van der Waals surface area contributed by atoms with Crippen molar-refractivity contribution >= 4 is 5.91 Å². The van der Waals surface area contributed by atoms with Gasteiger partial charge in [-0.2, -0.15) is 0 Å². The summed E-state index contributed by atoms with van der Waals surface area (Å²) in [4.78, 5) is 11.9. The molecule has 0 bridgehead atoms. The monoisotopic (exact) mass is 287 g/mol. The molecule has 1 amide bonds. The van der Waals surface area contributed by atoms with Crippen LogP contribution in [0.4, 0.5) is 0 Å². The topological polar surface area (TPSA) is 60.7 Å². The van der Waals surface area contributed by atoms with E-state index in [1.807, 2.05) is 30.3 Å². The fourth-order valence-electron chi connectivity index (χ4n) is 2.23. The Morgan fingerprint density at radius 3 is 2.81 bits per heavy atom. The fraction of sp³-hybridized carbons (Fsp3) is 0.312. The summed E-state index contributed by atoms with van der Waals surface area (Å²) in [6.45, 7) is 1.68. The van der Waals surface area contributed by atoms with Crippen LogP contribution in [0.1, 0.15) is 11.3 Å². The lowest BCUT2D eigenvalue weighted by molar-refractivity contribution is -0.120. The van der Waals surface area contributed by atoms with Gasteiger partial charge in [-0.15, -0.1) is 0 Å². The molecule has 0 saturated carbocycles. The molecule has 21 heavy (non-hydrogen) atoms. The molecule has 110 valence electrons. The maximum atomic E-state index is 11.9. The second-order valence-electron chi connectivity index (χ2n) is 4.83. The van der Waals surface area contributed by atoms with Crippen molar-refractivity contribution in [3.8, 4) is 11.5 Å². The Balaban J connectivity index is 1.50. The fourth-order valence-corrected chi connectivity index (χ4v) is 2.23. The summed E-state index contributed by atoms with van der Waals surface area (Å²) in [6, 6.07) is 9.33. The zero-order valence-electron chi connectivity index (χ0n) is 11.6. The highest BCUT2D eigenvalue weighted by atomic mass is 16.6. The number of benzene rings is 1. The molecular weight excluding hydrogens is 270 g/mol. The number of hydrogen-bond donors (Lipinski definition) is 1. The van der Waals surface area contributed by atoms with E-state index >= 15 is 0 Å². The maximum absolute atomic E-state index is 11.9. The highest BCUT2D eigenvalue weighted by molar-refractivity contribution is 5.78. The van der Waals surface area contributed by atoms with Crippen LogP contribution in [0, 0.1) is 0 Å². The smallest absolute Gasteiger partial charge is 0.224 e. The van der Waals surface area contributed by atoms with Gasteiger partial charge in [0.05, 0.1) is 12.7 Å². The Hall–Kier alpha value is -2.43. The van der Waals surface area contributed by atoms with Crippen molar-refractivity contribution in [2.45, 2.75) is 12.8 Å². The first-order chi connectivity index (χ1) is 10.3. The van der Waals surface area contributed by atoms with Gasteiger partial charge in [-0.3, -0.25) is 4.79 Å². The summed E-state index contributed by atoms with van der Waals surface area (Å²) >= 11 is 0. The molecule has 1 aromatic carbocycles. The number of hydrogen-bond acceptors (Lipinski definition) is 4. The maximum Gasteiger partial charge on any atom is 0.224 e. The minimum absolute atomic E-state index is 0.0155. The van der Waals surface area contributed by atoms with Crippen molar-refractivity contribution in [2.24, 2.45) is 0 Å². The zero-order chi connectivity index (χ0) is 14.5. The highest BCUT2D eigenvalue weighted by Gasteiger charge is 2.13. The molecule has 2 heterocycles. The Bertz CT molecular complexity index is 607. The van der Waals surface area contributed by atoms with Gasteiger partial charge in [0.2, 0.25) is 5.91 Å². The Morgan fingerprint density at radius 2 is 2.00 bits per heavy atom. The molecule has 5 nitrogen and oxygen atoms in total. The summed E-state index contributed by atoms with van der Waals surface area (Å²) in [6.07, 6.45) is 2.65. The minimum atomic E-state index is -0.0155. The van der Waals surface area contributed by atoms with E-state index in [0.29, 0.717) is 38.3 Å². The van der Waals surface area contributed by atoms with Gasteiger partial charge >= 0.3 is 0 Å². The minimum Gasteiger partial charge on any atom is -0.486 e. The van der Waals surface area contributed by atoms with E-state index in [1.54, 1.807) is 6.26 Å². The van der Waals surface area contributed by atoms with Gasteiger partial charge in [0.15, 0.2) is 11.5 Å². The molecule has 5 heteroatoms. The lowest BCUT2D eigenvalue weighted by atomic mass is 10.1. The second kappa shape index (κ2) is 6.35. The molecule has 0 spiro atoms. The summed E-state index contributed by atoms with van der Waals surface area (Å²) < 4.78 is 16.2. The van der Waals surface area contributed by atoms with Crippen molar-refractivity contribution < 1.29 is 18.7 Å². The van der Waals surface area contributed by atoms with Crippen molar-refractivity contribution in [3.63, 3.8) is 0 Å². The van der Waals surface area contributed by atoms with E-state index in [2.05, 4.69) is 5.32 Å². The van der Waals surface area contributed by atoms with Crippen molar-refractivity contribution in [3.05, 3.63) is 47.9 Å². The van der Waals surface area contributed by atoms with Crippen molar-refractivity contribution in [1.29, 1.82) is 0 Å². The number of amides is 1. The summed E-state index contributed by atoms with van der Waals surface area (Å²) in [5, 5.41) is 2.88. The molecule has 2 aromatic rings. The number of ether oxygens (including phenoxy) is 2. The van der Waals surface area contributed by atoms with E-state index < -0.39 is 0 Å². The van der Waals surface area contributed by atoms with Crippen LogP contribution in [0.15, 0.2) is 41.0 Å². The van der Waals surface area contributed by atoms with Crippen LogP contribution < -0.4 is 14.8 Å². The number of carbonyl (C=O) groups is 1. The Kier molecular flexibility index (Phi) is 4.09. The SMILES string of the molecule is O=C(Cc1ccc2c(c1)OCCO2)NCCc1ccco1. The molecule has 0 unspecified atom stereocenters.